The number of aromatic nitrogens is 1. The van der Waals surface area contributed by atoms with Crippen molar-refractivity contribution in [2.24, 2.45) is 0 Å². The van der Waals surface area contributed by atoms with Crippen LogP contribution < -0.4 is 0 Å². The van der Waals surface area contributed by atoms with Crippen LogP contribution in [0.15, 0.2) is 17.0 Å². The lowest BCUT2D eigenvalue weighted by Gasteiger charge is -1.89. The monoisotopic (exact) mass is 169 g/mol. The highest BCUT2D eigenvalue weighted by atomic mass is 32.1. The van der Waals surface area contributed by atoms with Gasteiger partial charge < -0.3 is 0 Å². The molecule has 0 N–H and O–H groups in total. The molecule has 62 valence electrons. The molecule has 0 unspecified atom stereocenters. The van der Waals surface area contributed by atoms with Crippen molar-refractivity contribution in [3.05, 3.63) is 22.7 Å². The third-order valence-electron chi connectivity index (χ3n) is 1.27. The van der Waals surface area contributed by atoms with Gasteiger partial charge >= 0.3 is 0 Å². The number of allylic oxidation sites excluding steroid dienone is 2. The van der Waals surface area contributed by atoms with Crippen molar-refractivity contribution < 1.29 is 0 Å². The zero-order valence-electron chi connectivity index (χ0n) is 7.59. The predicted octanol–water partition coefficient (Wildman–Crippen LogP) is 3.59. The maximum Gasteiger partial charge on any atom is 0.0798 e. The second kappa shape index (κ2) is 6.10. The SMILES string of the molecule is C/C=C(\C)c1cscn1.CC. The highest BCUT2D eigenvalue weighted by molar-refractivity contribution is 7.07. The molecule has 0 bridgehead atoms. The van der Waals surface area contributed by atoms with Gasteiger partial charge in [-0.15, -0.1) is 11.3 Å². The highest BCUT2D eigenvalue weighted by Crippen LogP contribution is 2.11. The zero-order chi connectivity index (χ0) is 8.69. The van der Waals surface area contributed by atoms with E-state index >= 15 is 0 Å². The van der Waals surface area contributed by atoms with E-state index in [1.165, 1.54) is 5.57 Å². The van der Waals surface area contributed by atoms with E-state index in [4.69, 9.17) is 0 Å². The van der Waals surface area contributed by atoms with Gasteiger partial charge in [-0.2, -0.15) is 0 Å². The van der Waals surface area contributed by atoms with Crippen LogP contribution >= 0.6 is 11.3 Å². The van der Waals surface area contributed by atoms with Crippen LogP contribution in [0.4, 0.5) is 0 Å². The van der Waals surface area contributed by atoms with Gasteiger partial charge in [0.15, 0.2) is 0 Å². The third kappa shape index (κ3) is 3.33. The van der Waals surface area contributed by atoms with Crippen LogP contribution in [0.3, 0.4) is 0 Å². The minimum absolute atomic E-state index is 1.10. The van der Waals surface area contributed by atoms with Crippen LogP contribution in [-0.2, 0) is 0 Å². The molecule has 0 spiro atoms. The first kappa shape index (κ1) is 10.4. The van der Waals surface area contributed by atoms with E-state index in [1.54, 1.807) is 11.3 Å². The number of hydrogen-bond donors (Lipinski definition) is 0. The average Bonchev–Trinajstić information content (AvgIpc) is 2.59. The molecule has 0 fully saturated rings. The lowest BCUT2D eigenvalue weighted by atomic mass is 10.2. The molecule has 1 nitrogen and oxygen atoms in total. The summed E-state index contributed by atoms with van der Waals surface area (Å²) in [7, 11) is 0. The smallest absolute Gasteiger partial charge is 0.0798 e. The summed E-state index contributed by atoms with van der Waals surface area (Å²) in [4.78, 5) is 4.14. The maximum absolute atomic E-state index is 4.14. The lowest BCUT2D eigenvalue weighted by Crippen LogP contribution is -1.74. The molecule has 0 aliphatic rings. The molecule has 1 rings (SSSR count). The van der Waals surface area contributed by atoms with Gasteiger partial charge in [-0.25, -0.2) is 4.98 Å². The van der Waals surface area contributed by atoms with Crippen molar-refractivity contribution in [1.29, 1.82) is 0 Å². The second-order valence-corrected chi connectivity index (χ2v) is 2.56. The van der Waals surface area contributed by atoms with Crippen LogP contribution in [0, 0.1) is 0 Å². The Hall–Kier alpha value is -0.630. The molecule has 0 radical (unpaired) electrons. The number of thiazole rings is 1. The van der Waals surface area contributed by atoms with Gasteiger partial charge in [0.25, 0.3) is 0 Å². The van der Waals surface area contributed by atoms with Gasteiger partial charge in [0.1, 0.15) is 0 Å². The van der Waals surface area contributed by atoms with Crippen LogP contribution in [0.25, 0.3) is 5.57 Å². The van der Waals surface area contributed by atoms with Gasteiger partial charge in [-0.05, 0) is 19.4 Å². The van der Waals surface area contributed by atoms with E-state index in [9.17, 15) is 0 Å². The van der Waals surface area contributed by atoms with Gasteiger partial charge in [0, 0.05) is 5.38 Å². The quantitative estimate of drug-likeness (QED) is 0.626. The Labute approximate surface area is 72.8 Å². The van der Waals surface area contributed by atoms with E-state index in [0.29, 0.717) is 0 Å². The summed E-state index contributed by atoms with van der Waals surface area (Å²) in [5.41, 5.74) is 4.20. The van der Waals surface area contributed by atoms with Gasteiger partial charge in [0.05, 0.1) is 11.2 Å². The first-order valence-corrected chi connectivity index (χ1v) is 4.80. The fraction of sp³-hybridized carbons (Fsp3) is 0.444. The first-order chi connectivity index (χ1) is 5.34. The van der Waals surface area contributed by atoms with E-state index in [2.05, 4.69) is 23.4 Å². The molecule has 0 aliphatic carbocycles. The normalized spacial score (nSPS) is 10.4. The van der Waals surface area contributed by atoms with Gasteiger partial charge in [0.2, 0.25) is 0 Å². The molecule has 0 amide bonds. The molecule has 0 atom stereocenters. The summed E-state index contributed by atoms with van der Waals surface area (Å²) in [5, 5.41) is 2.05. The molecule has 0 aromatic carbocycles. The molecule has 0 aliphatic heterocycles. The predicted molar refractivity (Wildman–Crippen MR) is 52.8 cm³/mol. The maximum atomic E-state index is 4.14. The van der Waals surface area contributed by atoms with Crippen LogP contribution in [-0.4, -0.2) is 4.98 Å². The average molecular weight is 169 g/mol. The minimum atomic E-state index is 1.10. The van der Waals surface area contributed by atoms with Crippen molar-refractivity contribution in [3.8, 4) is 0 Å². The number of nitrogens with zero attached hydrogens (tertiary/aromatic N) is 1. The highest BCUT2D eigenvalue weighted by Gasteiger charge is 1.92. The van der Waals surface area contributed by atoms with E-state index in [-0.39, 0.29) is 0 Å². The standard InChI is InChI=1S/C7H9NS.C2H6/c1-3-6(2)7-4-9-5-8-7;1-2/h3-5H,1-2H3;1-2H3/b6-3+;. The summed E-state index contributed by atoms with van der Waals surface area (Å²) in [5.74, 6) is 0. The molecule has 0 saturated carbocycles. The van der Waals surface area contributed by atoms with Crippen molar-refractivity contribution in [1.82, 2.24) is 4.98 Å². The van der Waals surface area contributed by atoms with Crippen LogP contribution in [0.1, 0.15) is 33.4 Å². The molecule has 11 heavy (non-hydrogen) atoms. The molecule has 2 heteroatoms. The Morgan fingerprint density at radius 1 is 1.55 bits per heavy atom. The molecule has 1 aromatic rings. The fourth-order valence-electron chi connectivity index (χ4n) is 0.555. The summed E-state index contributed by atoms with van der Waals surface area (Å²) in [6.45, 7) is 8.09. The first-order valence-electron chi connectivity index (χ1n) is 3.86. The number of rotatable bonds is 1. The Morgan fingerprint density at radius 3 is 2.55 bits per heavy atom. The summed E-state index contributed by atoms with van der Waals surface area (Å²) < 4.78 is 0. The fourth-order valence-corrected chi connectivity index (χ4v) is 1.17. The molecular formula is C9H15NS. The van der Waals surface area contributed by atoms with Gasteiger partial charge in [-0.3, -0.25) is 0 Å². The Morgan fingerprint density at radius 2 is 2.18 bits per heavy atom. The van der Waals surface area contributed by atoms with E-state index in [0.717, 1.165) is 5.69 Å². The molecule has 0 saturated heterocycles. The zero-order valence-corrected chi connectivity index (χ0v) is 8.40. The lowest BCUT2D eigenvalue weighted by molar-refractivity contribution is 1.34. The Balaban J connectivity index is 0.000000461. The Bertz CT molecular complexity index is 199. The largest absolute Gasteiger partial charge is 0.245 e. The molecule has 1 aromatic heterocycles. The molecule has 1 heterocycles. The van der Waals surface area contributed by atoms with E-state index < -0.39 is 0 Å². The third-order valence-corrected chi connectivity index (χ3v) is 1.86. The van der Waals surface area contributed by atoms with Crippen molar-refractivity contribution in [3.63, 3.8) is 0 Å². The van der Waals surface area contributed by atoms with Crippen molar-refractivity contribution in [2.75, 3.05) is 0 Å². The van der Waals surface area contributed by atoms with Crippen molar-refractivity contribution >= 4 is 16.9 Å². The number of hydrogen-bond acceptors (Lipinski definition) is 2. The van der Waals surface area contributed by atoms with Crippen molar-refractivity contribution in [2.45, 2.75) is 27.7 Å². The summed E-state index contributed by atoms with van der Waals surface area (Å²) >= 11 is 1.63. The second-order valence-electron chi connectivity index (χ2n) is 1.85. The van der Waals surface area contributed by atoms with Gasteiger partial charge in [-0.1, -0.05) is 19.9 Å². The van der Waals surface area contributed by atoms with Crippen LogP contribution in [0.5, 0.6) is 0 Å². The van der Waals surface area contributed by atoms with Crippen LogP contribution in [0.2, 0.25) is 0 Å². The Kier molecular flexibility index (Phi) is 5.75. The summed E-state index contributed by atoms with van der Waals surface area (Å²) in [6, 6.07) is 0. The van der Waals surface area contributed by atoms with E-state index in [1.807, 2.05) is 26.3 Å². The topological polar surface area (TPSA) is 12.9 Å². The molecular weight excluding hydrogens is 154 g/mol. The minimum Gasteiger partial charge on any atom is -0.245 e. The summed E-state index contributed by atoms with van der Waals surface area (Å²) in [6.07, 6.45) is 2.06.